The van der Waals surface area contributed by atoms with Gasteiger partial charge in [0.05, 0.1) is 0 Å². The zero-order valence-corrected chi connectivity index (χ0v) is 9.11. The van der Waals surface area contributed by atoms with E-state index in [-0.39, 0.29) is 12.1 Å². The lowest BCUT2D eigenvalue weighted by Crippen LogP contribution is -2.12. The summed E-state index contributed by atoms with van der Waals surface area (Å²) >= 11 is 0. The average molecular weight is 195 g/mol. The van der Waals surface area contributed by atoms with Crippen LogP contribution >= 0.6 is 0 Å². The van der Waals surface area contributed by atoms with Crippen LogP contribution in [0.2, 0.25) is 0 Å². The fraction of sp³-hybridized carbons (Fsp3) is 0.600. The molecule has 4 heteroatoms. The number of methoxy groups -OCH3 is 1. The Labute approximate surface area is 84.5 Å². The van der Waals surface area contributed by atoms with Gasteiger partial charge < -0.3 is 10.5 Å². The first-order valence-corrected chi connectivity index (χ1v) is 4.68. The molecule has 2 atom stereocenters. The highest BCUT2D eigenvalue weighted by Gasteiger charge is 2.11. The van der Waals surface area contributed by atoms with Gasteiger partial charge in [0.15, 0.2) is 5.82 Å². The smallest absolute Gasteiger partial charge is 0.157 e. The van der Waals surface area contributed by atoms with Crippen molar-refractivity contribution in [2.24, 2.45) is 5.73 Å². The first-order chi connectivity index (χ1) is 6.56. The quantitative estimate of drug-likeness (QED) is 0.794. The normalized spacial score (nSPS) is 15.2. The molecule has 0 spiro atoms. The minimum absolute atomic E-state index is 0.0260. The summed E-state index contributed by atoms with van der Waals surface area (Å²) in [5, 5.41) is 0. The number of hydrogen-bond donors (Lipinski definition) is 1. The maximum Gasteiger partial charge on any atom is 0.157 e. The Bertz CT molecular complexity index is 312. The van der Waals surface area contributed by atoms with Crippen molar-refractivity contribution in [3.05, 3.63) is 23.3 Å². The van der Waals surface area contributed by atoms with E-state index in [1.165, 1.54) is 0 Å². The molecule has 1 heterocycles. The minimum Gasteiger partial charge on any atom is -0.374 e. The van der Waals surface area contributed by atoms with Crippen molar-refractivity contribution in [2.75, 3.05) is 7.11 Å². The summed E-state index contributed by atoms with van der Waals surface area (Å²) in [6, 6.07) is -0.0260. The number of nitrogens with two attached hydrogens (primary N) is 1. The molecule has 0 radical (unpaired) electrons. The Morgan fingerprint density at radius 2 is 2.07 bits per heavy atom. The number of aryl methyl sites for hydroxylation is 1. The SMILES string of the molecule is COC(C)c1ncc([C@H](C)N)c(C)n1. The molecular weight excluding hydrogens is 178 g/mol. The predicted octanol–water partition coefficient (Wildman–Crippen LogP) is 1.51. The molecule has 0 bridgehead atoms. The van der Waals surface area contributed by atoms with Gasteiger partial charge in [0.1, 0.15) is 6.10 Å². The van der Waals surface area contributed by atoms with E-state index < -0.39 is 0 Å². The fourth-order valence-electron chi connectivity index (χ4n) is 1.24. The van der Waals surface area contributed by atoms with Gasteiger partial charge in [0, 0.05) is 30.6 Å². The third kappa shape index (κ3) is 2.27. The van der Waals surface area contributed by atoms with Crippen LogP contribution in [0.3, 0.4) is 0 Å². The van der Waals surface area contributed by atoms with Gasteiger partial charge in [0.25, 0.3) is 0 Å². The van der Waals surface area contributed by atoms with Gasteiger partial charge in [-0.1, -0.05) is 0 Å². The number of hydrogen-bond acceptors (Lipinski definition) is 4. The van der Waals surface area contributed by atoms with Crippen molar-refractivity contribution in [2.45, 2.75) is 32.9 Å². The molecule has 1 aromatic heterocycles. The molecule has 1 aromatic rings. The topological polar surface area (TPSA) is 61.0 Å². The molecule has 0 aliphatic heterocycles. The zero-order valence-electron chi connectivity index (χ0n) is 9.11. The average Bonchev–Trinajstić information content (AvgIpc) is 2.15. The van der Waals surface area contributed by atoms with Gasteiger partial charge in [0.2, 0.25) is 0 Å². The van der Waals surface area contributed by atoms with Crippen molar-refractivity contribution in [1.82, 2.24) is 9.97 Å². The van der Waals surface area contributed by atoms with E-state index in [4.69, 9.17) is 10.5 Å². The molecule has 78 valence electrons. The maximum atomic E-state index is 5.76. The Balaban J connectivity index is 3.00. The third-order valence-electron chi connectivity index (χ3n) is 2.24. The molecule has 0 aliphatic rings. The van der Waals surface area contributed by atoms with Gasteiger partial charge in [-0.2, -0.15) is 0 Å². The predicted molar refractivity (Wildman–Crippen MR) is 54.8 cm³/mol. The molecule has 0 saturated carbocycles. The largest absolute Gasteiger partial charge is 0.374 e. The Morgan fingerprint density at radius 3 is 2.50 bits per heavy atom. The highest BCUT2D eigenvalue weighted by Crippen LogP contribution is 2.16. The van der Waals surface area contributed by atoms with E-state index in [1.807, 2.05) is 20.8 Å². The summed E-state index contributed by atoms with van der Waals surface area (Å²) in [6.07, 6.45) is 1.70. The number of aromatic nitrogens is 2. The summed E-state index contributed by atoms with van der Waals surface area (Å²) in [4.78, 5) is 8.56. The highest BCUT2D eigenvalue weighted by molar-refractivity contribution is 5.19. The maximum absolute atomic E-state index is 5.76. The molecule has 1 rings (SSSR count). The molecule has 0 aliphatic carbocycles. The molecule has 1 unspecified atom stereocenters. The van der Waals surface area contributed by atoms with Crippen molar-refractivity contribution in [1.29, 1.82) is 0 Å². The number of nitrogens with zero attached hydrogens (tertiary/aromatic N) is 2. The summed E-state index contributed by atoms with van der Waals surface area (Å²) in [6.45, 7) is 5.78. The Hall–Kier alpha value is -1.00. The van der Waals surface area contributed by atoms with Gasteiger partial charge in [-0.05, 0) is 20.8 Å². The van der Waals surface area contributed by atoms with Crippen LogP contribution in [0.5, 0.6) is 0 Å². The summed E-state index contributed by atoms with van der Waals surface area (Å²) in [5.41, 5.74) is 7.67. The lowest BCUT2D eigenvalue weighted by Gasteiger charge is -2.12. The Kier molecular flexibility index (Phi) is 3.55. The second kappa shape index (κ2) is 4.48. The molecule has 4 nitrogen and oxygen atoms in total. The van der Waals surface area contributed by atoms with E-state index in [2.05, 4.69) is 9.97 Å². The van der Waals surface area contributed by atoms with Crippen LogP contribution in [0.25, 0.3) is 0 Å². The van der Waals surface area contributed by atoms with Crippen LogP contribution in [-0.2, 0) is 4.74 Å². The molecule has 0 fully saturated rings. The van der Waals surface area contributed by atoms with E-state index >= 15 is 0 Å². The lowest BCUT2D eigenvalue weighted by molar-refractivity contribution is 0.112. The van der Waals surface area contributed by atoms with Crippen LogP contribution in [0, 0.1) is 6.92 Å². The van der Waals surface area contributed by atoms with E-state index in [0.717, 1.165) is 11.3 Å². The molecule has 0 saturated heterocycles. The van der Waals surface area contributed by atoms with E-state index in [9.17, 15) is 0 Å². The van der Waals surface area contributed by atoms with Crippen molar-refractivity contribution in [3.63, 3.8) is 0 Å². The lowest BCUT2D eigenvalue weighted by atomic mass is 10.1. The minimum atomic E-state index is -0.0733. The first-order valence-electron chi connectivity index (χ1n) is 4.68. The van der Waals surface area contributed by atoms with Crippen molar-refractivity contribution in [3.8, 4) is 0 Å². The summed E-state index contributed by atoms with van der Waals surface area (Å²) < 4.78 is 5.14. The highest BCUT2D eigenvalue weighted by atomic mass is 16.5. The fourth-order valence-corrected chi connectivity index (χ4v) is 1.24. The number of ether oxygens (including phenoxy) is 1. The Morgan fingerprint density at radius 1 is 1.43 bits per heavy atom. The monoisotopic (exact) mass is 195 g/mol. The summed E-state index contributed by atoms with van der Waals surface area (Å²) in [7, 11) is 1.64. The molecule has 0 aromatic carbocycles. The number of rotatable bonds is 3. The standard InChI is InChI=1S/C10H17N3O/c1-6(11)9-5-12-10(8(3)14-4)13-7(9)2/h5-6,8H,11H2,1-4H3/t6-,8?/m0/s1. The molecular formula is C10H17N3O. The van der Waals surface area contributed by atoms with Gasteiger partial charge >= 0.3 is 0 Å². The van der Waals surface area contributed by atoms with Crippen LogP contribution in [-0.4, -0.2) is 17.1 Å². The van der Waals surface area contributed by atoms with Crippen LogP contribution in [0.15, 0.2) is 6.20 Å². The second-order valence-electron chi connectivity index (χ2n) is 3.44. The van der Waals surface area contributed by atoms with Gasteiger partial charge in [-0.15, -0.1) is 0 Å². The zero-order chi connectivity index (χ0) is 10.7. The van der Waals surface area contributed by atoms with Gasteiger partial charge in [-0.25, -0.2) is 9.97 Å². The van der Waals surface area contributed by atoms with Crippen LogP contribution in [0.1, 0.15) is 43.1 Å². The van der Waals surface area contributed by atoms with Crippen LogP contribution < -0.4 is 5.73 Å². The van der Waals surface area contributed by atoms with E-state index in [0.29, 0.717) is 5.82 Å². The third-order valence-corrected chi connectivity index (χ3v) is 2.24. The van der Waals surface area contributed by atoms with Crippen molar-refractivity contribution < 1.29 is 4.74 Å². The molecule has 2 N–H and O–H groups in total. The van der Waals surface area contributed by atoms with Crippen molar-refractivity contribution >= 4 is 0 Å². The van der Waals surface area contributed by atoms with E-state index in [1.54, 1.807) is 13.3 Å². The van der Waals surface area contributed by atoms with Gasteiger partial charge in [-0.3, -0.25) is 0 Å². The summed E-state index contributed by atoms with van der Waals surface area (Å²) in [5.74, 6) is 0.703. The van der Waals surface area contributed by atoms with Crippen LogP contribution in [0.4, 0.5) is 0 Å². The first kappa shape index (κ1) is 11.1. The molecule has 0 amide bonds. The second-order valence-corrected chi connectivity index (χ2v) is 3.44. The molecule has 14 heavy (non-hydrogen) atoms.